The number of hydrogen-bond donors (Lipinski definition) is 1. The summed E-state index contributed by atoms with van der Waals surface area (Å²) in [6.07, 6.45) is 1.62. The zero-order valence-electron chi connectivity index (χ0n) is 12.9. The molecule has 0 bridgehead atoms. The van der Waals surface area contributed by atoms with E-state index in [0.29, 0.717) is 32.3 Å². The van der Waals surface area contributed by atoms with Gasteiger partial charge in [-0.2, -0.15) is 5.10 Å². The molecule has 1 fully saturated rings. The fourth-order valence-corrected chi connectivity index (χ4v) is 2.31. The Morgan fingerprint density at radius 1 is 1.24 bits per heavy atom. The fourth-order valence-electron chi connectivity index (χ4n) is 2.31. The molecular weight excluding hydrogens is 270 g/mol. The summed E-state index contributed by atoms with van der Waals surface area (Å²) in [4.78, 5) is 18.6. The molecule has 1 atom stereocenters. The normalized spacial score (nSPS) is 16.6. The van der Waals surface area contributed by atoms with Crippen molar-refractivity contribution in [1.82, 2.24) is 20.1 Å². The van der Waals surface area contributed by atoms with Crippen molar-refractivity contribution in [3.05, 3.63) is 11.4 Å². The lowest BCUT2D eigenvalue weighted by molar-refractivity contribution is -0.135. The zero-order chi connectivity index (χ0) is 15.2. The van der Waals surface area contributed by atoms with Crippen molar-refractivity contribution < 1.29 is 9.53 Å². The maximum atomic E-state index is 12.3. The number of nitrogens with one attached hydrogen (secondary N) is 1. The predicted octanol–water partition coefficient (Wildman–Crippen LogP) is 0.656. The van der Waals surface area contributed by atoms with E-state index >= 15 is 0 Å². The molecule has 1 N–H and O–H groups in total. The summed E-state index contributed by atoms with van der Waals surface area (Å²) in [5.41, 5.74) is 1.84. The lowest BCUT2D eigenvalue weighted by atomic mass is 10.2. The highest BCUT2D eigenvalue weighted by Gasteiger charge is 2.23. The van der Waals surface area contributed by atoms with Crippen LogP contribution in [-0.4, -0.2) is 58.3 Å². The molecule has 0 saturated carbocycles. The summed E-state index contributed by atoms with van der Waals surface area (Å²) in [5.74, 6) is 0.456. The van der Waals surface area contributed by atoms with Crippen molar-refractivity contribution in [2.75, 3.05) is 31.6 Å². The number of hydrogen-bond acceptors (Lipinski definition) is 6. The first-order chi connectivity index (χ1) is 10.2. The first kappa shape index (κ1) is 15.6. The second kappa shape index (κ2) is 7.31. The molecule has 2 heterocycles. The van der Waals surface area contributed by atoms with Crippen molar-refractivity contribution in [3.63, 3.8) is 0 Å². The number of anilines is 1. The minimum absolute atomic E-state index is 0.0412. The lowest BCUT2D eigenvalue weighted by Gasteiger charge is -2.29. The quantitative estimate of drug-likeness (QED) is 0.859. The Kier molecular flexibility index (Phi) is 5.44. The standard InChI is InChI=1S/C14H23N5O2/c1-4-11-12(5-2)17-18-14(16-11)15-10(3)13(20)19-6-8-21-9-7-19/h10H,4-9H2,1-3H3,(H,15,16,18). The zero-order valence-corrected chi connectivity index (χ0v) is 12.9. The van der Waals surface area contributed by atoms with Crippen molar-refractivity contribution in [1.29, 1.82) is 0 Å². The van der Waals surface area contributed by atoms with E-state index in [1.54, 1.807) is 4.90 Å². The van der Waals surface area contributed by atoms with Crippen LogP contribution in [0.15, 0.2) is 0 Å². The summed E-state index contributed by atoms with van der Waals surface area (Å²) in [5, 5.41) is 11.3. The third-order valence-corrected chi connectivity index (χ3v) is 3.55. The van der Waals surface area contributed by atoms with Gasteiger partial charge < -0.3 is 15.0 Å². The Hall–Kier alpha value is -1.76. The van der Waals surface area contributed by atoms with Crippen molar-refractivity contribution >= 4 is 11.9 Å². The van der Waals surface area contributed by atoms with Crippen LogP contribution in [0.2, 0.25) is 0 Å². The van der Waals surface area contributed by atoms with Crippen LogP contribution in [0, 0.1) is 0 Å². The van der Waals surface area contributed by atoms with E-state index < -0.39 is 0 Å². The number of amides is 1. The minimum atomic E-state index is -0.373. The van der Waals surface area contributed by atoms with Crippen LogP contribution in [-0.2, 0) is 22.4 Å². The third kappa shape index (κ3) is 3.87. The SMILES string of the molecule is CCc1nnc(NC(C)C(=O)N2CCOCC2)nc1CC. The Morgan fingerprint density at radius 2 is 1.90 bits per heavy atom. The topological polar surface area (TPSA) is 80.2 Å². The highest BCUT2D eigenvalue weighted by molar-refractivity contribution is 5.83. The summed E-state index contributed by atoms with van der Waals surface area (Å²) >= 11 is 0. The van der Waals surface area contributed by atoms with Crippen LogP contribution in [0.1, 0.15) is 32.2 Å². The highest BCUT2D eigenvalue weighted by atomic mass is 16.5. The summed E-state index contributed by atoms with van der Waals surface area (Å²) in [6, 6.07) is -0.373. The molecule has 2 rings (SSSR count). The summed E-state index contributed by atoms with van der Waals surface area (Å²) in [6.45, 7) is 8.36. The maximum absolute atomic E-state index is 12.3. The Labute approximate surface area is 125 Å². The largest absolute Gasteiger partial charge is 0.378 e. The second-order valence-corrected chi connectivity index (χ2v) is 5.04. The number of aryl methyl sites for hydroxylation is 2. The number of morpholine rings is 1. The van der Waals surface area contributed by atoms with Crippen molar-refractivity contribution in [2.45, 2.75) is 39.7 Å². The molecule has 1 aromatic heterocycles. The predicted molar refractivity (Wildman–Crippen MR) is 79.1 cm³/mol. The van der Waals surface area contributed by atoms with Gasteiger partial charge in [-0.15, -0.1) is 5.10 Å². The first-order valence-electron chi connectivity index (χ1n) is 7.51. The number of ether oxygens (including phenoxy) is 1. The Bertz CT molecular complexity index is 488. The molecule has 1 aliphatic rings. The van der Waals surface area contributed by atoms with Gasteiger partial charge in [0, 0.05) is 13.1 Å². The molecule has 7 heteroatoms. The van der Waals surface area contributed by atoms with Crippen LogP contribution in [0.3, 0.4) is 0 Å². The molecule has 0 spiro atoms. The average Bonchev–Trinajstić information content (AvgIpc) is 2.54. The van der Waals surface area contributed by atoms with E-state index in [1.807, 2.05) is 20.8 Å². The van der Waals surface area contributed by atoms with Gasteiger partial charge in [0.1, 0.15) is 6.04 Å². The van der Waals surface area contributed by atoms with Crippen LogP contribution in [0.25, 0.3) is 0 Å². The Morgan fingerprint density at radius 3 is 2.52 bits per heavy atom. The van der Waals surface area contributed by atoms with Crippen LogP contribution in [0.4, 0.5) is 5.95 Å². The first-order valence-corrected chi connectivity index (χ1v) is 7.51. The van der Waals surface area contributed by atoms with Crippen LogP contribution < -0.4 is 5.32 Å². The molecule has 7 nitrogen and oxygen atoms in total. The lowest BCUT2D eigenvalue weighted by Crippen LogP contribution is -2.47. The molecule has 1 aliphatic heterocycles. The fraction of sp³-hybridized carbons (Fsp3) is 0.714. The molecule has 0 radical (unpaired) electrons. The molecular formula is C14H23N5O2. The molecule has 21 heavy (non-hydrogen) atoms. The molecule has 0 aromatic carbocycles. The van der Waals surface area contributed by atoms with Gasteiger partial charge in [-0.3, -0.25) is 4.79 Å². The molecule has 1 amide bonds. The summed E-state index contributed by atoms with van der Waals surface area (Å²) in [7, 11) is 0. The molecule has 1 aromatic rings. The van der Waals surface area contributed by atoms with Gasteiger partial charge in [0.2, 0.25) is 11.9 Å². The number of carbonyl (C=O) groups is 1. The van der Waals surface area contributed by atoms with Crippen molar-refractivity contribution in [2.24, 2.45) is 0 Å². The number of nitrogens with zero attached hydrogens (tertiary/aromatic N) is 4. The van der Waals surface area contributed by atoms with Gasteiger partial charge in [0.25, 0.3) is 0 Å². The van der Waals surface area contributed by atoms with Crippen LogP contribution in [0.5, 0.6) is 0 Å². The maximum Gasteiger partial charge on any atom is 0.245 e. The minimum Gasteiger partial charge on any atom is -0.378 e. The van der Waals surface area contributed by atoms with Gasteiger partial charge in [0.15, 0.2) is 0 Å². The molecule has 116 valence electrons. The molecule has 1 unspecified atom stereocenters. The van der Waals surface area contributed by atoms with Gasteiger partial charge in [-0.25, -0.2) is 4.98 Å². The molecule has 1 saturated heterocycles. The van der Waals surface area contributed by atoms with E-state index in [-0.39, 0.29) is 11.9 Å². The van der Waals surface area contributed by atoms with Crippen molar-refractivity contribution in [3.8, 4) is 0 Å². The van der Waals surface area contributed by atoms with Gasteiger partial charge >= 0.3 is 0 Å². The van der Waals surface area contributed by atoms with Gasteiger partial charge in [-0.1, -0.05) is 13.8 Å². The van der Waals surface area contributed by atoms with E-state index in [4.69, 9.17) is 4.74 Å². The number of rotatable bonds is 5. The monoisotopic (exact) mass is 293 g/mol. The molecule has 0 aliphatic carbocycles. The van der Waals surface area contributed by atoms with Gasteiger partial charge in [-0.05, 0) is 19.8 Å². The van der Waals surface area contributed by atoms with Gasteiger partial charge in [0.05, 0.1) is 24.6 Å². The van der Waals surface area contributed by atoms with E-state index in [2.05, 4.69) is 20.5 Å². The van der Waals surface area contributed by atoms with Crippen LogP contribution >= 0.6 is 0 Å². The van der Waals surface area contributed by atoms with E-state index in [9.17, 15) is 4.79 Å². The van der Waals surface area contributed by atoms with E-state index in [0.717, 1.165) is 24.2 Å². The average molecular weight is 293 g/mol. The summed E-state index contributed by atoms with van der Waals surface area (Å²) < 4.78 is 5.25. The smallest absolute Gasteiger partial charge is 0.245 e. The van der Waals surface area contributed by atoms with E-state index in [1.165, 1.54) is 0 Å². The third-order valence-electron chi connectivity index (χ3n) is 3.55. The Balaban J connectivity index is 2.01. The number of aromatic nitrogens is 3. The number of carbonyl (C=O) groups excluding carboxylic acids is 1. The second-order valence-electron chi connectivity index (χ2n) is 5.04. The highest BCUT2D eigenvalue weighted by Crippen LogP contribution is 2.09.